The first-order valence-corrected chi connectivity index (χ1v) is 4.60. The predicted octanol–water partition coefficient (Wildman–Crippen LogP) is 2.98. The lowest BCUT2D eigenvalue weighted by Crippen LogP contribution is -1.90. The lowest BCUT2D eigenvalue weighted by Gasteiger charge is -2.04. The minimum atomic E-state index is 0.719. The maximum absolute atomic E-state index is 5.82. The van der Waals surface area contributed by atoms with Gasteiger partial charge in [0.15, 0.2) is 0 Å². The number of halogens is 1. The van der Waals surface area contributed by atoms with E-state index in [1.54, 1.807) is 18.5 Å². The fraction of sp³-hybridized carbons (Fsp3) is 0. The van der Waals surface area contributed by atoms with Gasteiger partial charge in [-0.3, -0.25) is 4.98 Å². The van der Waals surface area contributed by atoms with Crippen LogP contribution in [0.1, 0.15) is 0 Å². The van der Waals surface area contributed by atoms with Crippen molar-refractivity contribution in [1.29, 1.82) is 0 Å². The molecule has 0 atom stereocenters. The second-order valence-corrected chi connectivity index (χ2v) is 3.41. The third kappa shape index (κ3) is 1.70. The molecule has 70 valence electrons. The van der Waals surface area contributed by atoms with Gasteiger partial charge in [0.25, 0.3) is 0 Å². The summed E-state index contributed by atoms with van der Waals surface area (Å²) in [6.45, 7) is 0. The number of benzene rings is 1. The second-order valence-electron chi connectivity index (χ2n) is 2.97. The average Bonchev–Trinajstić information content (AvgIpc) is 2.20. The molecule has 0 aliphatic heterocycles. The van der Waals surface area contributed by atoms with Gasteiger partial charge in [-0.1, -0.05) is 23.7 Å². The number of anilines is 1. The van der Waals surface area contributed by atoms with Gasteiger partial charge in [0.2, 0.25) is 0 Å². The largest absolute Gasteiger partial charge is 0.398 e. The Balaban J connectivity index is 2.50. The van der Waals surface area contributed by atoms with Gasteiger partial charge in [0.05, 0.1) is 0 Å². The molecule has 3 heteroatoms. The van der Waals surface area contributed by atoms with Crippen molar-refractivity contribution in [2.45, 2.75) is 0 Å². The first kappa shape index (κ1) is 9.03. The van der Waals surface area contributed by atoms with E-state index in [1.165, 1.54) is 0 Å². The highest BCUT2D eigenvalue weighted by Gasteiger charge is 2.01. The van der Waals surface area contributed by atoms with Gasteiger partial charge in [-0.2, -0.15) is 0 Å². The third-order valence-electron chi connectivity index (χ3n) is 2.01. The summed E-state index contributed by atoms with van der Waals surface area (Å²) in [5, 5.41) is 0.719. The minimum Gasteiger partial charge on any atom is -0.398 e. The van der Waals surface area contributed by atoms with Gasteiger partial charge in [0.1, 0.15) is 0 Å². The summed E-state index contributed by atoms with van der Waals surface area (Å²) in [4.78, 5) is 4.03. The van der Waals surface area contributed by atoms with Crippen LogP contribution in [0.15, 0.2) is 42.7 Å². The molecule has 0 amide bonds. The molecule has 14 heavy (non-hydrogen) atoms. The normalized spacial score (nSPS) is 10.1. The zero-order chi connectivity index (χ0) is 9.97. The molecule has 0 fully saturated rings. The molecule has 0 bridgehead atoms. The van der Waals surface area contributed by atoms with Crippen LogP contribution in [0.4, 0.5) is 5.69 Å². The first-order valence-electron chi connectivity index (χ1n) is 4.23. The van der Waals surface area contributed by atoms with Crippen molar-refractivity contribution in [2.24, 2.45) is 0 Å². The molecule has 1 aromatic heterocycles. The summed E-state index contributed by atoms with van der Waals surface area (Å²) in [6.07, 6.45) is 3.42. The summed E-state index contributed by atoms with van der Waals surface area (Å²) in [5.74, 6) is 0. The summed E-state index contributed by atoms with van der Waals surface area (Å²) in [7, 11) is 0. The monoisotopic (exact) mass is 204 g/mol. The Morgan fingerprint density at radius 3 is 2.43 bits per heavy atom. The number of aromatic nitrogens is 1. The van der Waals surface area contributed by atoms with Crippen LogP contribution < -0.4 is 5.73 Å². The van der Waals surface area contributed by atoms with Crippen molar-refractivity contribution < 1.29 is 0 Å². The highest BCUT2D eigenvalue weighted by Crippen LogP contribution is 2.25. The minimum absolute atomic E-state index is 0.719. The Labute approximate surface area is 87.4 Å². The molecule has 0 aliphatic carbocycles. The number of pyridine rings is 1. The first-order chi connectivity index (χ1) is 6.77. The van der Waals surface area contributed by atoms with E-state index in [0.29, 0.717) is 0 Å². The summed E-state index contributed by atoms with van der Waals surface area (Å²) in [6, 6.07) is 9.31. The predicted molar refractivity (Wildman–Crippen MR) is 59.1 cm³/mol. The van der Waals surface area contributed by atoms with Gasteiger partial charge < -0.3 is 5.73 Å². The van der Waals surface area contributed by atoms with Crippen LogP contribution in [-0.4, -0.2) is 4.98 Å². The molecule has 0 aliphatic rings. The molecular weight excluding hydrogens is 196 g/mol. The highest BCUT2D eigenvalue weighted by atomic mass is 35.5. The van der Waals surface area contributed by atoms with Gasteiger partial charge in [-0.25, -0.2) is 0 Å². The molecule has 1 aromatic carbocycles. The Kier molecular flexibility index (Phi) is 2.37. The van der Waals surface area contributed by atoms with Crippen LogP contribution in [0.2, 0.25) is 5.02 Å². The molecule has 0 spiro atoms. The zero-order valence-electron chi connectivity index (χ0n) is 7.44. The maximum atomic E-state index is 5.82. The lowest BCUT2D eigenvalue weighted by molar-refractivity contribution is 1.33. The van der Waals surface area contributed by atoms with Crippen LogP contribution in [0.25, 0.3) is 11.1 Å². The van der Waals surface area contributed by atoms with Crippen LogP contribution in [0, 0.1) is 0 Å². The number of nitrogens with zero attached hydrogens (tertiary/aromatic N) is 1. The van der Waals surface area contributed by atoms with Crippen molar-refractivity contribution >= 4 is 17.3 Å². The van der Waals surface area contributed by atoms with E-state index in [0.717, 1.165) is 21.8 Å². The molecule has 0 saturated carbocycles. The van der Waals surface area contributed by atoms with Crippen molar-refractivity contribution in [2.75, 3.05) is 5.73 Å². The smallest absolute Gasteiger partial charge is 0.0424 e. The van der Waals surface area contributed by atoms with E-state index in [1.807, 2.05) is 24.3 Å². The Morgan fingerprint density at radius 1 is 1.07 bits per heavy atom. The Morgan fingerprint density at radius 2 is 1.79 bits per heavy atom. The van der Waals surface area contributed by atoms with Crippen molar-refractivity contribution in [3.63, 3.8) is 0 Å². The Hall–Kier alpha value is -1.54. The summed E-state index contributed by atoms with van der Waals surface area (Å²) < 4.78 is 0. The lowest BCUT2D eigenvalue weighted by atomic mass is 10.1. The van der Waals surface area contributed by atoms with E-state index >= 15 is 0 Å². The van der Waals surface area contributed by atoms with Gasteiger partial charge in [0, 0.05) is 28.7 Å². The van der Waals surface area contributed by atoms with Crippen LogP contribution in [0.3, 0.4) is 0 Å². The average molecular weight is 205 g/mol. The fourth-order valence-corrected chi connectivity index (χ4v) is 1.40. The zero-order valence-corrected chi connectivity index (χ0v) is 8.20. The van der Waals surface area contributed by atoms with Gasteiger partial charge in [-0.05, 0) is 23.8 Å². The van der Waals surface area contributed by atoms with Gasteiger partial charge >= 0.3 is 0 Å². The fourth-order valence-electron chi connectivity index (χ4n) is 1.28. The quantitative estimate of drug-likeness (QED) is 0.776. The number of hydrogen-bond donors (Lipinski definition) is 1. The number of hydrogen-bond acceptors (Lipinski definition) is 2. The number of nitrogens with two attached hydrogens (primary N) is 1. The summed E-state index contributed by atoms with van der Waals surface area (Å²) in [5.41, 5.74) is 8.50. The molecule has 0 saturated heterocycles. The third-order valence-corrected chi connectivity index (χ3v) is 2.26. The molecule has 2 aromatic rings. The molecule has 2 N–H and O–H groups in total. The summed E-state index contributed by atoms with van der Waals surface area (Å²) >= 11 is 5.79. The highest BCUT2D eigenvalue weighted by molar-refractivity contribution is 6.30. The van der Waals surface area contributed by atoms with Crippen molar-refractivity contribution in [3.05, 3.63) is 47.7 Å². The SMILES string of the molecule is Nc1ccncc1-c1ccc(Cl)cc1. The second kappa shape index (κ2) is 3.68. The molecule has 0 radical (unpaired) electrons. The van der Waals surface area contributed by atoms with Crippen LogP contribution in [-0.2, 0) is 0 Å². The molecule has 1 heterocycles. The van der Waals surface area contributed by atoms with E-state index in [4.69, 9.17) is 17.3 Å². The van der Waals surface area contributed by atoms with E-state index < -0.39 is 0 Å². The van der Waals surface area contributed by atoms with E-state index in [-0.39, 0.29) is 0 Å². The standard InChI is InChI=1S/C11H9ClN2/c12-9-3-1-8(2-4-9)10-7-14-6-5-11(10)13/h1-7H,(H2,13,14). The molecule has 2 rings (SSSR count). The van der Waals surface area contributed by atoms with E-state index in [9.17, 15) is 0 Å². The molecule has 0 unspecified atom stereocenters. The van der Waals surface area contributed by atoms with Crippen LogP contribution in [0.5, 0.6) is 0 Å². The van der Waals surface area contributed by atoms with Crippen LogP contribution >= 0.6 is 11.6 Å². The number of nitrogen functional groups attached to an aromatic ring is 1. The molecule has 2 nitrogen and oxygen atoms in total. The van der Waals surface area contributed by atoms with Gasteiger partial charge in [-0.15, -0.1) is 0 Å². The van der Waals surface area contributed by atoms with Crippen molar-refractivity contribution in [3.8, 4) is 11.1 Å². The molecular formula is C11H9ClN2. The number of rotatable bonds is 1. The Bertz CT molecular complexity index is 437. The maximum Gasteiger partial charge on any atom is 0.0424 e. The van der Waals surface area contributed by atoms with E-state index in [2.05, 4.69) is 4.98 Å². The topological polar surface area (TPSA) is 38.9 Å². The van der Waals surface area contributed by atoms with Crippen molar-refractivity contribution in [1.82, 2.24) is 4.98 Å².